The lowest BCUT2D eigenvalue weighted by Gasteiger charge is -2.14. The van der Waals surface area contributed by atoms with Crippen molar-refractivity contribution >= 4 is 17.6 Å². The predicted octanol–water partition coefficient (Wildman–Crippen LogP) is 4.18. The van der Waals surface area contributed by atoms with Crippen LogP contribution in [0.15, 0.2) is 54.7 Å². The molecule has 0 atom stereocenters. The van der Waals surface area contributed by atoms with E-state index in [-0.39, 0.29) is 17.6 Å². The van der Waals surface area contributed by atoms with E-state index < -0.39 is 0 Å². The molecule has 0 aliphatic heterocycles. The van der Waals surface area contributed by atoms with Gasteiger partial charge in [-0.3, -0.25) is 9.78 Å². The van der Waals surface area contributed by atoms with E-state index in [1.54, 1.807) is 38.4 Å². The molecule has 3 N–H and O–H groups in total. The van der Waals surface area contributed by atoms with Crippen molar-refractivity contribution in [2.75, 3.05) is 19.5 Å². The van der Waals surface area contributed by atoms with Gasteiger partial charge in [0.25, 0.3) is 5.91 Å². The number of pyridine rings is 1. The number of rotatable bonds is 7. The molecule has 8 heteroatoms. The van der Waals surface area contributed by atoms with E-state index in [4.69, 9.17) is 9.47 Å². The van der Waals surface area contributed by atoms with Crippen LogP contribution in [0.25, 0.3) is 0 Å². The standard InChI is InChI=1S/C24H26N4O4/c1-15-11-20(22(31-4)12-16(15)2)28-24(30)27-14-17-5-7-18(8-6-17)32-19-9-10-26-21(13-19)23(29)25-3/h5-13H,14H2,1-4H3,(H,25,29)(H2,27,28,30). The van der Waals surface area contributed by atoms with Gasteiger partial charge in [-0.05, 0) is 60.9 Å². The fourth-order valence-corrected chi connectivity index (χ4v) is 2.94. The monoisotopic (exact) mass is 434 g/mol. The third-order valence-corrected chi connectivity index (χ3v) is 4.87. The summed E-state index contributed by atoms with van der Waals surface area (Å²) < 4.78 is 11.1. The zero-order chi connectivity index (χ0) is 23.1. The smallest absolute Gasteiger partial charge is 0.319 e. The summed E-state index contributed by atoms with van der Waals surface area (Å²) >= 11 is 0. The van der Waals surface area contributed by atoms with Crippen LogP contribution in [0, 0.1) is 13.8 Å². The van der Waals surface area contributed by atoms with Gasteiger partial charge in [0.05, 0.1) is 12.8 Å². The third-order valence-electron chi connectivity index (χ3n) is 4.87. The molecule has 0 unspecified atom stereocenters. The molecule has 0 aliphatic carbocycles. The molecule has 1 heterocycles. The van der Waals surface area contributed by atoms with Gasteiger partial charge in [0.1, 0.15) is 22.9 Å². The second kappa shape index (κ2) is 10.3. The average Bonchev–Trinajstić information content (AvgIpc) is 2.80. The van der Waals surface area contributed by atoms with E-state index in [0.29, 0.717) is 29.5 Å². The third kappa shape index (κ3) is 5.75. The van der Waals surface area contributed by atoms with E-state index >= 15 is 0 Å². The number of ether oxygens (including phenoxy) is 2. The number of hydrogen-bond donors (Lipinski definition) is 3. The highest BCUT2D eigenvalue weighted by atomic mass is 16.5. The summed E-state index contributed by atoms with van der Waals surface area (Å²) in [4.78, 5) is 28.0. The lowest BCUT2D eigenvalue weighted by atomic mass is 10.1. The number of urea groups is 1. The highest BCUT2D eigenvalue weighted by Crippen LogP contribution is 2.28. The number of benzene rings is 2. The number of anilines is 1. The maximum atomic E-state index is 12.3. The molecule has 0 saturated heterocycles. The van der Waals surface area contributed by atoms with Crippen LogP contribution in [0.1, 0.15) is 27.2 Å². The van der Waals surface area contributed by atoms with Crippen molar-refractivity contribution in [2.45, 2.75) is 20.4 Å². The summed E-state index contributed by atoms with van der Waals surface area (Å²) in [5, 5.41) is 8.18. The molecule has 3 amide bonds. The van der Waals surface area contributed by atoms with E-state index in [2.05, 4.69) is 20.9 Å². The Morgan fingerprint density at radius 2 is 1.69 bits per heavy atom. The van der Waals surface area contributed by atoms with Crippen molar-refractivity contribution < 1.29 is 19.1 Å². The van der Waals surface area contributed by atoms with Gasteiger partial charge in [0, 0.05) is 25.9 Å². The lowest BCUT2D eigenvalue weighted by Crippen LogP contribution is -2.28. The number of nitrogens with zero attached hydrogens (tertiary/aromatic N) is 1. The van der Waals surface area contributed by atoms with E-state index in [1.165, 1.54) is 6.20 Å². The molecule has 0 spiro atoms. The van der Waals surface area contributed by atoms with Gasteiger partial charge >= 0.3 is 6.03 Å². The Morgan fingerprint density at radius 1 is 0.969 bits per heavy atom. The average molecular weight is 434 g/mol. The van der Waals surface area contributed by atoms with Gasteiger partial charge in [-0.2, -0.15) is 0 Å². The van der Waals surface area contributed by atoms with Crippen LogP contribution in [0.5, 0.6) is 17.2 Å². The van der Waals surface area contributed by atoms with Gasteiger partial charge in [-0.25, -0.2) is 4.79 Å². The minimum absolute atomic E-state index is 0.275. The molecule has 8 nitrogen and oxygen atoms in total. The second-order valence-corrected chi connectivity index (χ2v) is 7.15. The zero-order valence-electron chi connectivity index (χ0n) is 18.5. The van der Waals surface area contributed by atoms with Crippen molar-refractivity contribution in [3.8, 4) is 17.2 Å². The molecule has 3 rings (SSSR count). The fraction of sp³-hybridized carbons (Fsp3) is 0.208. The zero-order valence-corrected chi connectivity index (χ0v) is 18.5. The van der Waals surface area contributed by atoms with Gasteiger partial charge in [0.15, 0.2) is 0 Å². The molecular formula is C24H26N4O4. The number of methoxy groups -OCH3 is 1. The molecule has 0 fully saturated rings. The van der Waals surface area contributed by atoms with Gasteiger partial charge in [0.2, 0.25) is 0 Å². The molecule has 0 saturated carbocycles. The highest BCUT2D eigenvalue weighted by molar-refractivity contribution is 5.92. The molecule has 2 aromatic carbocycles. The van der Waals surface area contributed by atoms with E-state index in [0.717, 1.165) is 16.7 Å². The first kappa shape index (κ1) is 22.6. The summed E-state index contributed by atoms with van der Waals surface area (Å²) in [6.45, 7) is 4.31. The molecular weight excluding hydrogens is 408 g/mol. The SMILES string of the molecule is CNC(=O)c1cc(Oc2ccc(CNC(=O)Nc3cc(C)c(C)cc3OC)cc2)ccn1. The van der Waals surface area contributed by atoms with Crippen molar-refractivity contribution in [3.63, 3.8) is 0 Å². The maximum absolute atomic E-state index is 12.3. The molecule has 0 bridgehead atoms. The molecule has 0 aliphatic rings. The summed E-state index contributed by atoms with van der Waals surface area (Å²) in [6, 6.07) is 14.0. The van der Waals surface area contributed by atoms with Crippen LogP contribution in [0.3, 0.4) is 0 Å². The highest BCUT2D eigenvalue weighted by Gasteiger charge is 2.10. The Balaban J connectivity index is 1.57. The number of nitrogens with one attached hydrogen (secondary N) is 3. The van der Waals surface area contributed by atoms with Crippen LogP contribution in [-0.4, -0.2) is 31.1 Å². The van der Waals surface area contributed by atoms with Gasteiger partial charge in [-0.15, -0.1) is 0 Å². The molecule has 0 radical (unpaired) electrons. The minimum atomic E-state index is -0.328. The van der Waals surface area contributed by atoms with Gasteiger partial charge < -0.3 is 25.4 Å². The second-order valence-electron chi connectivity index (χ2n) is 7.15. The summed E-state index contributed by atoms with van der Waals surface area (Å²) in [5.74, 6) is 1.44. The summed E-state index contributed by atoms with van der Waals surface area (Å²) in [7, 11) is 3.12. The van der Waals surface area contributed by atoms with Crippen LogP contribution in [-0.2, 0) is 6.54 Å². The number of amides is 3. The number of carbonyl (C=O) groups excluding carboxylic acids is 2. The number of carbonyl (C=O) groups is 2. The number of aryl methyl sites for hydroxylation is 2. The number of hydrogen-bond acceptors (Lipinski definition) is 5. The Hall–Kier alpha value is -4.07. The van der Waals surface area contributed by atoms with Gasteiger partial charge in [-0.1, -0.05) is 12.1 Å². The van der Waals surface area contributed by atoms with Crippen LogP contribution < -0.4 is 25.4 Å². The normalized spacial score (nSPS) is 10.2. The largest absolute Gasteiger partial charge is 0.495 e. The van der Waals surface area contributed by atoms with Crippen LogP contribution in [0.2, 0.25) is 0 Å². The minimum Gasteiger partial charge on any atom is -0.495 e. The maximum Gasteiger partial charge on any atom is 0.319 e. The van der Waals surface area contributed by atoms with Crippen LogP contribution >= 0.6 is 0 Å². The molecule has 166 valence electrons. The summed E-state index contributed by atoms with van der Waals surface area (Å²) in [5.41, 5.74) is 3.95. The first-order valence-corrected chi connectivity index (χ1v) is 10.0. The van der Waals surface area contributed by atoms with Crippen molar-refractivity contribution in [3.05, 3.63) is 77.1 Å². The van der Waals surface area contributed by atoms with E-state index in [1.807, 2.05) is 38.1 Å². The Kier molecular flexibility index (Phi) is 7.28. The first-order chi connectivity index (χ1) is 15.4. The lowest BCUT2D eigenvalue weighted by molar-refractivity contribution is 0.0958. The Morgan fingerprint density at radius 3 is 2.38 bits per heavy atom. The Labute approximate surface area is 187 Å². The topological polar surface area (TPSA) is 102 Å². The quantitative estimate of drug-likeness (QED) is 0.518. The molecule has 32 heavy (non-hydrogen) atoms. The molecule has 1 aromatic heterocycles. The fourth-order valence-electron chi connectivity index (χ4n) is 2.94. The Bertz CT molecular complexity index is 1110. The van der Waals surface area contributed by atoms with Crippen LogP contribution in [0.4, 0.5) is 10.5 Å². The summed E-state index contributed by atoms with van der Waals surface area (Å²) in [6.07, 6.45) is 1.52. The molecule has 3 aromatic rings. The predicted molar refractivity (Wildman–Crippen MR) is 122 cm³/mol. The van der Waals surface area contributed by atoms with Crippen molar-refractivity contribution in [1.29, 1.82) is 0 Å². The van der Waals surface area contributed by atoms with Crippen molar-refractivity contribution in [2.24, 2.45) is 0 Å². The number of aromatic nitrogens is 1. The van der Waals surface area contributed by atoms with Crippen molar-refractivity contribution in [1.82, 2.24) is 15.6 Å². The van der Waals surface area contributed by atoms with E-state index in [9.17, 15) is 9.59 Å². The first-order valence-electron chi connectivity index (χ1n) is 10.0.